The highest BCUT2D eigenvalue weighted by Gasteiger charge is 2.42. The average Bonchev–Trinajstić information content (AvgIpc) is 3.40. The van der Waals surface area contributed by atoms with Crippen molar-refractivity contribution in [2.45, 2.75) is 50.6 Å². The minimum absolute atomic E-state index is 0.00760. The molecule has 222 valence electrons. The first kappa shape index (κ1) is 29.5. The van der Waals surface area contributed by atoms with Crippen LogP contribution in [0.3, 0.4) is 0 Å². The van der Waals surface area contributed by atoms with Crippen LogP contribution in [-0.2, 0) is 27.1 Å². The van der Waals surface area contributed by atoms with Crippen LogP contribution in [0.1, 0.15) is 36.8 Å². The van der Waals surface area contributed by atoms with Crippen molar-refractivity contribution in [3.05, 3.63) is 71.3 Å². The van der Waals surface area contributed by atoms with Crippen LogP contribution in [0.15, 0.2) is 48.5 Å². The molecule has 41 heavy (non-hydrogen) atoms. The summed E-state index contributed by atoms with van der Waals surface area (Å²) in [6.07, 6.45) is 4.09. The lowest BCUT2D eigenvalue weighted by Gasteiger charge is -2.37. The molecule has 0 radical (unpaired) electrons. The van der Waals surface area contributed by atoms with Gasteiger partial charge in [0.05, 0.1) is 13.0 Å². The van der Waals surface area contributed by atoms with Crippen molar-refractivity contribution in [2.24, 2.45) is 11.8 Å². The summed E-state index contributed by atoms with van der Waals surface area (Å²) in [4.78, 5) is 33.0. The van der Waals surface area contributed by atoms with E-state index >= 15 is 0 Å². The third kappa shape index (κ3) is 7.25. The van der Waals surface area contributed by atoms with Gasteiger partial charge in [0.1, 0.15) is 11.6 Å². The monoisotopic (exact) mass is 569 g/mol. The van der Waals surface area contributed by atoms with Crippen LogP contribution in [0.25, 0.3) is 0 Å². The minimum Gasteiger partial charge on any atom is -0.453 e. The molecule has 9 heteroatoms. The van der Waals surface area contributed by atoms with Gasteiger partial charge in [0, 0.05) is 64.1 Å². The lowest BCUT2D eigenvalue weighted by molar-refractivity contribution is -0.137. The topological polar surface area (TPSA) is 62.3 Å². The molecule has 3 heterocycles. The van der Waals surface area contributed by atoms with Crippen molar-refractivity contribution in [1.82, 2.24) is 14.7 Å². The second-order valence-corrected chi connectivity index (χ2v) is 11.6. The Balaban J connectivity index is 1.31. The van der Waals surface area contributed by atoms with Gasteiger partial charge in [0.15, 0.2) is 0 Å². The fourth-order valence-electron chi connectivity index (χ4n) is 6.82. The summed E-state index contributed by atoms with van der Waals surface area (Å²) >= 11 is 0. The summed E-state index contributed by atoms with van der Waals surface area (Å²) in [5.74, 6) is -1.49. The standard InChI is InChI=1S/C32H41F2N3O4/c1-40-32(39)37-15-14-35(13-5-8-28(37)18-23-6-3-2-4-7-23)31(38)29-22-36(27-11-16-41-17-12-27)21-25(29)19-24-9-10-26(33)20-30(24)34/h2-4,6-7,9-10,20,25,27-29H,5,8,11-19,21-22H2,1H3/t25?,28?,29-/m1/s1. The third-order valence-electron chi connectivity index (χ3n) is 9.04. The Hall–Kier alpha value is -3.04. The Kier molecular flexibility index (Phi) is 9.88. The molecule has 3 aliphatic heterocycles. The van der Waals surface area contributed by atoms with E-state index in [0.717, 1.165) is 43.7 Å². The highest BCUT2D eigenvalue weighted by atomic mass is 19.1. The quantitative estimate of drug-likeness (QED) is 0.512. The van der Waals surface area contributed by atoms with Crippen molar-refractivity contribution in [2.75, 3.05) is 53.0 Å². The maximum atomic E-state index is 14.7. The molecular weight excluding hydrogens is 528 g/mol. The average molecular weight is 570 g/mol. The number of benzene rings is 2. The molecule has 3 aliphatic rings. The first-order chi connectivity index (χ1) is 19.9. The number of halogens is 2. The molecule has 3 atom stereocenters. The molecule has 3 fully saturated rings. The van der Waals surface area contributed by atoms with Gasteiger partial charge in [-0.25, -0.2) is 13.6 Å². The van der Waals surface area contributed by atoms with Gasteiger partial charge in [-0.2, -0.15) is 0 Å². The van der Waals surface area contributed by atoms with Crippen molar-refractivity contribution in [3.8, 4) is 0 Å². The lowest BCUT2D eigenvalue weighted by Crippen LogP contribution is -2.51. The largest absolute Gasteiger partial charge is 0.453 e. The summed E-state index contributed by atoms with van der Waals surface area (Å²) in [5.41, 5.74) is 1.60. The van der Waals surface area contributed by atoms with Crippen molar-refractivity contribution in [1.29, 1.82) is 0 Å². The van der Waals surface area contributed by atoms with E-state index < -0.39 is 11.6 Å². The number of carbonyl (C=O) groups is 2. The third-order valence-corrected chi connectivity index (χ3v) is 9.04. The predicted octanol–water partition coefficient (Wildman–Crippen LogP) is 4.54. The van der Waals surface area contributed by atoms with E-state index in [2.05, 4.69) is 17.0 Å². The Bertz CT molecular complexity index is 1180. The molecule has 0 bridgehead atoms. The number of ether oxygens (including phenoxy) is 2. The number of methoxy groups -OCH3 is 1. The summed E-state index contributed by atoms with van der Waals surface area (Å²) in [6.45, 7) is 4.15. The van der Waals surface area contributed by atoms with Crippen LogP contribution in [0, 0.1) is 23.5 Å². The molecule has 0 N–H and O–H groups in total. The number of amides is 2. The Morgan fingerprint density at radius 1 is 0.951 bits per heavy atom. The van der Waals surface area contributed by atoms with Crippen LogP contribution in [0.4, 0.5) is 13.6 Å². The smallest absolute Gasteiger partial charge is 0.409 e. The van der Waals surface area contributed by atoms with E-state index in [4.69, 9.17) is 9.47 Å². The number of hydrogen-bond acceptors (Lipinski definition) is 5. The molecule has 0 spiro atoms. The van der Waals surface area contributed by atoms with Crippen LogP contribution >= 0.6 is 0 Å². The molecule has 0 saturated carbocycles. The number of hydrogen-bond donors (Lipinski definition) is 0. The zero-order chi connectivity index (χ0) is 28.8. The first-order valence-electron chi connectivity index (χ1n) is 14.9. The summed E-state index contributed by atoms with van der Waals surface area (Å²) < 4.78 is 39.0. The molecule has 2 aromatic carbocycles. The van der Waals surface area contributed by atoms with Gasteiger partial charge in [-0.15, -0.1) is 0 Å². The van der Waals surface area contributed by atoms with Crippen molar-refractivity contribution >= 4 is 12.0 Å². The van der Waals surface area contributed by atoms with Crippen LogP contribution in [0.2, 0.25) is 0 Å². The van der Waals surface area contributed by atoms with Gasteiger partial charge in [-0.05, 0) is 61.6 Å². The second-order valence-electron chi connectivity index (χ2n) is 11.6. The fourth-order valence-corrected chi connectivity index (χ4v) is 6.82. The first-order valence-corrected chi connectivity index (χ1v) is 14.9. The summed E-state index contributed by atoms with van der Waals surface area (Å²) in [6, 6.07) is 14.1. The zero-order valence-electron chi connectivity index (χ0n) is 23.9. The van der Waals surface area contributed by atoms with Crippen molar-refractivity contribution in [3.63, 3.8) is 0 Å². The zero-order valence-corrected chi connectivity index (χ0v) is 23.9. The molecule has 7 nitrogen and oxygen atoms in total. The van der Waals surface area contributed by atoms with Gasteiger partial charge in [-0.1, -0.05) is 36.4 Å². The predicted molar refractivity (Wildman–Crippen MR) is 151 cm³/mol. The van der Waals surface area contributed by atoms with Crippen LogP contribution < -0.4 is 0 Å². The molecule has 0 aliphatic carbocycles. The second kappa shape index (κ2) is 13.7. The molecule has 5 rings (SSSR count). The van der Waals surface area contributed by atoms with Gasteiger partial charge in [0.25, 0.3) is 0 Å². The Morgan fingerprint density at radius 2 is 1.73 bits per heavy atom. The van der Waals surface area contributed by atoms with Gasteiger partial charge < -0.3 is 19.3 Å². The number of likely N-dealkylation sites (tertiary alicyclic amines) is 1. The Labute approximate surface area is 241 Å². The van der Waals surface area contributed by atoms with Crippen LogP contribution in [-0.4, -0.2) is 91.8 Å². The highest BCUT2D eigenvalue weighted by molar-refractivity contribution is 5.80. The van der Waals surface area contributed by atoms with Crippen LogP contribution in [0.5, 0.6) is 0 Å². The minimum atomic E-state index is -0.601. The molecule has 3 saturated heterocycles. The van der Waals surface area contributed by atoms with Gasteiger partial charge in [0.2, 0.25) is 5.91 Å². The Morgan fingerprint density at radius 3 is 2.46 bits per heavy atom. The molecule has 2 unspecified atom stereocenters. The maximum Gasteiger partial charge on any atom is 0.409 e. The normalized spacial score (nSPS) is 24.6. The highest BCUT2D eigenvalue weighted by Crippen LogP contribution is 2.33. The van der Waals surface area contributed by atoms with Gasteiger partial charge in [-0.3, -0.25) is 9.69 Å². The van der Waals surface area contributed by atoms with E-state index in [9.17, 15) is 18.4 Å². The van der Waals surface area contributed by atoms with E-state index in [-0.39, 0.29) is 29.9 Å². The summed E-state index contributed by atoms with van der Waals surface area (Å²) in [5, 5.41) is 0. The SMILES string of the molecule is COC(=O)N1CCN(C(=O)[C@@H]2CN(C3CCOCC3)CC2Cc2ccc(F)cc2F)CCCC1Cc1ccccc1. The molecule has 2 amide bonds. The van der Waals surface area contributed by atoms with E-state index in [0.29, 0.717) is 64.0 Å². The van der Waals surface area contributed by atoms with E-state index in [1.165, 1.54) is 19.2 Å². The fraction of sp³-hybridized carbons (Fsp3) is 0.562. The van der Waals surface area contributed by atoms with E-state index in [1.807, 2.05) is 23.1 Å². The maximum absolute atomic E-state index is 14.7. The van der Waals surface area contributed by atoms with E-state index in [1.54, 1.807) is 4.90 Å². The number of nitrogens with zero attached hydrogens (tertiary/aromatic N) is 3. The van der Waals surface area contributed by atoms with Gasteiger partial charge >= 0.3 is 6.09 Å². The van der Waals surface area contributed by atoms with Crippen molar-refractivity contribution < 1.29 is 27.8 Å². The number of carbonyl (C=O) groups excluding carboxylic acids is 2. The summed E-state index contributed by atoms with van der Waals surface area (Å²) in [7, 11) is 1.40. The number of rotatable bonds is 6. The lowest BCUT2D eigenvalue weighted by atomic mass is 9.88. The molecule has 0 aromatic heterocycles. The molecular formula is C32H41F2N3O4. The molecule has 2 aromatic rings.